The highest BCUT2D eigenvalue weighted by atomic mass is 16.3. The molecule has 1 aromatic heterocycles. The molecule has 2 N–H and O–H groups in total. The van der Waals surface area contributed by atoms with E-state index in [2.05, 4.69) is 34.0 Å². The van der Waals surface area contributed by atoms with Crippen molar-refractivity contribution in [1.82, 2.24) is 14.8 Å². The van der Waals surface area contributed by atoms with Gasteiger partial charge in [-0.05, 0) is 49.7 Å². The second-order valence-electron chi connectivity index (χ2n) is 8.74. The van der Waals surface area contributed by atoms with Gasteiger partial charge in [-0.1, -0.05) is 38.1 Å². The highest BCUT2D eigenvalue weighted by Crippen LogP contribution is 2.41. The third kappa shape index (κ3) is 4.75. The lowest BCUT2D eigenvalue weighted by atomic mass is 9.96. The molecule has 1 fully saturated rings. The highest BCUT2D eigenvalue weighted by Gasteiger charge is 2.20. The minimum atomic E-state index is -0.0141. The van der Waals surface area contributed by atoms with E-state index in [0.717, 1.165) is 43.9 Å². The van der Waals surface area contributed by atoms with Gasteiger partial charge in [0.25, 0.3) is 0 Å². The SMILES string of the molecule is CC(C)c1cc(-c2ncoc2-c2ccc(CN3CCCN(C)CC3)cc2)c(O)cc1O. The van der Waals surface area contributed by atoms with E-state index in [1.54, 1.807) is 6.07 Å². The lowest BCUT2D eigenvalue weighted by Crippen LogP contribution is -2.28. The summed E-state index contributed by atoms with van der Waals surface area (Å²) in [5.74, 6) is 0.802. The van der Waals surface area contributed by atoms with Crippen molar-refractivity contribution in [2.24, 2.45) is 0 Å². The Balaban J connectivity index is 1.57. The van der Waals surface area contributed by atoms with Crippen molar-refractivity contribution in [2.45, 2.75) is 32.7 Å². The Morgan fingerprint density at radius 2 is 1.77 bits per heavy atom. The molecule has 1 saturated heterocycles. The van der Waals surface area contributed by atoms with Crippen molar-refractivity contribution in [1.29, 1.82) is 0 Å². The van der Waals surface area contributed by atoms with Crippen LogP contribution in [0.3, 0.4) is 0 Å². The Labute approximate surface area is 183 Å². The molecule has 0 amide bonds. The van der Waals surface area contributed by atoms with E-state index in [1.807, 2.05) is 26.0 Å². The molecule has 6 heteroatoms. The largest absolute Gasteiger partial charge is 0.508 e. The topological polar surface area (TPSA) is 73.0 Å². The van der Waals surface area contributed by atoms with E-state index in [4.69, 9.17) is 4.42 Å². The Bertz CT molecular complexity index is 1030. The number of nitrogens with zero attached hydrogens (tertiary/aromatic N) is 3. The zero-order valence-electron chi connectivity index (χ0n) is 18.5. The van der Waals surface area contributed by atoms with Gasteiger partial charge in [-0.2, -0.15) is 0 Å². The van der Waals surface area contributed by atoms with Crippen molar-refractivity contribution in [3.8, 4) is 34.1 Å². The van der Waals surface area contributed by atoms with Crippen molar-refractivity contribution >= 4 is 0 Å². The Morgan fingerprint density at radius 1 is 1.00 bits per heavy atom. The molecule has 0 atom stereocenters. The van der Waals surface area contributed by atoms with Crippen molar-refractivity contribution in [3.63, 3.8) is 0 Å². The van der Waals surface area contributed by atoms with E-state index in [9.17, 15) is 10.2 Å². The van der Waals surface area contributed by atoms with Crippen LogP contribution >= 0.6 is 0 Å². The van der Waals surface area contributed by atoms with Crippen molar-refractivity contribution in [2.75, 3.05) is 33.2 Å². The van der Waals surface area contributed by atoms with Gasteiger partial charge in [0, 0.05) is 36.8 Å². The molecule has 0 radical (unpaired) electrons. The zero-order chi connectivity index (χ0) is 22.0. The molecule has 31 heavy (non-hydrogen) atoms. The lowest BCUT2D eigenvalue weighted by molar-refractivity contribution is 0.269. The molecule has 1 aliphatic rings. The van der Waals surface area contributed by atoms with Crippen LogP contribution in [-0.2, 0) is 6.54 Å². The van der Waals surface area contributed by atoms with E-state index in [-0.39, 0.29) is 17.4 Å². The maximum Gasteiger partial charge on any atom is 0.182 e. The maximum atomic E-state index is 10.5. The first-order chi connectivity index (χ1) is 14.9. The highest BCUT2D eigenvalue weighted by molar-refractivity contribution is 5.81. The quantitative estimate of drug-likeness (QED) is 0.623. The van der Waals surface area contributed by atoms with Gasteiger partial charge in [0.05, 0.1) is 0 Å². The Hall–Kier alpha value is -2.83. The van der Waals surface area contributed by atoms with Crippen LogP contribution in [0.15, 0.2) is 47.2 Å². The molecule has 0 unspecified atom stereocenters. The van der Waals surface area contributed by atoms with E-state index in [0.29, 0.717) is 17.0 Å². The average Bonchev–Trinajstić information content (AvgIpc) is 3.12. The molecule has 0 aliphatic carbocycles. The summed E-state index contributed by atoms with van der Waals surface area (Å²) in [6.45, 7) is 9.41. The second kappa shape index (κ2) is 9.12. The fourth-order valence-electron chi connectivity index (χ4n) is 4.17. The number of hydrogen-bond donors (Lipinski definition) is 2. The Morgan fingerprint density at radius 3 is 2.52 bits per heavy atom. The second-order valence-corrected chi connectivity index (χ2v) is 8.74. The van der Waals surface area contributed by atoms with Gasteiger partial charge >= 0.3 is 0 Å². The zero-order valence-corrected chi connectivity index (χ0v) is 18.5. The van der Waals surface area contributed by atoms with E-state index < -0.39 is 0 Å². The molecular weight excluding hydrogens is 390 g/mol. The van der Waals surface area contributed by atoms with E-state index in [1.165, 1.54) is 24.4 Å². The standard InChI is InChI=1S/C25H31N3O3/c1-17(2)20-13-21(23(30)14-22(20)29)24-25(31-16-26-24)19-7-5-18(6-8-19)15-28-10-4-9-27(3)11-12-28/h5-8,13-14,16-17,29-30H,4,9-12,15H2,1-3H3. The molecule has 2 heterocycles. The summed E-state index contributed by atoms with van der Waals surface area (Å²) >= 11 is 0. The van der Waals surface area contributed by atoms with Crippen LogP contribution in [0.25, 0.3) is 22.6 Å². The van der Waals surface area contributed by atoms with Gasteiger partial charge in [0.2, 0.25) is 0 Å². The summed E-state index contributed by atoms with van der Waals surface area (Å²) in [5.41, 5.74) is 4.07. The number of aromatic hydroxyl groups is 2. The van der Waals surface area contributed by atoms with Crippen LogP contribution in [0.5, 0.6) is 11.5 Å². The number of phenolic OH excluding ortho intramolecular Hbond substituents is 2. The van der Waals surface area contributed by atoms with Gasteiger partial charge in [0.1, 0.15) is 17.2 Å². The summed E-state index contributed by atoms with van der Waals surface area (Å²) in [4.78, 5) is 9.25. The predicted octanol–water partition coefficient (Wildman–Crippen LogP) is 4.68. The molecule has 164 valence electrons. The van der Waals surface area contributed by atoms with Crippen LogP contribution < -0.4 is 0 Å². The van der Waals surface area contributed by atoms with Crippen LogP contribution in [0.1, 0.15) is 37.3 Å². The van der Waals surface area contributed by atoms with Crippen LogP contribution in [0, 0.1) is 0 Å². The number of phenols is 2. The Kier molecular flexibility index (Phi) is 6.30. The van der Waals surface area contributed by atoms with Gasteiger partial charge < -0.3 is 19.5 Å². The summed E-state index contributed by atoms with van der Waals surface area (Å²) in [7, 11) is 2.18. The lowest BCUT2D eigenvalue weighted by Gasteiger charge is -2.20. The van der Waals surface area contributed by atoms with Gasteiger partial charge in [-0.25, -0.2) is 4.98 Å². The van der Waals surface area contributed by atoms with E-state index >= 15 is 0 Å². The van der Waals surface area contributed by atoms with Gasteiger partial charge in [0.15, 0.2) is 12.2 Å². The normalized spacial score (nSPS) is 16.0. The predicted molar refractivity (Wildman–Crippen MR) is 122 cm³/mol. The number of hydrogen-bond acceptors (Lipinski definition) is 6. The van der Waals surface area contributed by atoms with Crippen LogP contribution in [0.4, 0.5) is 0 Å². The summed E-state index contributed by atoms with van der Waals surface area (Å²) in [5, 5.41) is 20.6. The first kappa shape index (κ1) is 21.4. The maximum absolute atomic E-state index is 10.5. The first-order valence-electron chi connectivity index (χ1n) is 10.9. The van der Waals surface area contributed by atoms with Gasteiger partial charge in [-0.15, -0.1) is 0 Å². The molecule has 0 bridgehead atoms. The molecule has 2 aromatic carbocycles. The monoisotopic (exact) mass is 421 g/mol. The van der Waals surface area contributed by atoms with Crippen LogP contribution in [-0.4, -0.2) is 58.2 Å². The summed E-state index contributed by atoms with van der Waals surface area (Å²) in [6.07, 6.45) is 2.60. The third-order valence-corrected chi connectivity index (χ3v) is 6.02. The molecule has 1 aliphatic heterocycles. The summed E-state index contributed by atoms with van der Waals surface area (Å²) < 4.78 is 5.71. The molecule has 6 nitrogen and oxygen atoms in total. The number of rotatable bonds is 5. The smallest absolute Gasteiger partial charge is 0.182 e. The third-order valence-electron chi connectivity index (χ3n) is 6.02. The minimum absolute atomic E-state index is 0.0141. The van der Waals surface area contributed by atoms with Crippen molar-refractivity contribution < 1.29 is 14.6 Å². The fraction of sp³-hybridized carbons (Fsp3) is 0.400. The van der Waals surface area contributed by atoms with Crippen LogP contribution in [0.2, 0.25) is 0 Å². The molecule has 0 spiro atoms. The van der Waals surface area contributed by atoms with Gasteiger partial charge in [-0.3, -0.25) is 4.90 Å². The number of aromatic nitrogens is 1. The molecule has 3 aromatic rings. The molecular formula is C25H31N3O3. The fourth-order valence-corrected chi connectivity index (χ4v) is 4.17. The first-order valence-corrected chi connectivity index (χ1v) is 10.9. The average molecular weight is 422 g/mol. The van der Waals surface area contributed by atoms with Crippen molar-refractivity contribution in [3.05, 3.63) is 53.9 Å². The molecule has 0 saturated carbocycles. The number of oxazole rings is 1. The molecule has 4 rings (SSSR count). The minimum Gasteiger partial charge on any atom is -0.508 e. The number of likely N-dealkylation sites (N-methyl/N-ethyl adjacent to an activating group) is 1. The number of benzene rings is 2. The summed E-state index contributed by atoms with van der Waals surface area (Å²) in [6, 6.07) is 11.5.